The Morgan fingerprint density at radius 1 is 1.03 bits per heavy atom. The summed E-state index contributed by atoms with van der Waals surface area (Å²) in [5, 5.41) is 3.72. The van der Waals surface area contributed by atoms with Crippen molar-refractivity contribution in [3.05, 3.63) is 64.1 Å². The van der Waals surface area contributed by atoms with E-state index in [9.17, 15) is 18.0 Å². The minimum Gasteiger partial charge on any atom is -0.350 e. The van der Waals surface area contributed by atoms with Gasteiger partial charge in [0.05, 0.1) is 14.9 Å². The molecule has 0 aliphatic carbocycles. The third-order valence-corrected chi connectivity index (χ3v) is 8.15. The molecule has 0 radical (unpaired) electrons. The molecular formula is C26H35Cl2N3O4S. The van der Waals surface area contributed by atoms with Crippen LogP contribution >= 0.6 is 23.2 Å². The summed E-state index contributed by atoms with van der Waals surface area (Å²) in [4.78, 5) is 28.2. The molecule has 1 atom stereocenters. The first-order valence-electron chi connectivity index (χ1n) is 11.8. The lowest BCUT2D eigenvalue weighted by molar-refractivity contribution is -0.142. The van der Waals surface area contributed by atoms with Crippen LogP contribution in [-0.2, 0) is 26.2 Å². The first kappa shape index (κ1) is 30.1. The summed E-state index contributed by atoms with van der Waals surface area (Å²) < 4.78 is 26.8. The van der Waals surface area contributed by atoms with Crippen LogP contribution in [0.15, 0.2) is 53.4 Å². The van der Waals surface area contributed by atoms with Crippen LogP contribution in [0.4, 0.5) is 0 Å². The molecule has 2 rings (SSSR count). The van der Waals surface area contributed by atoms with E-state index in [1.54, 1.807) is 36.4 Å². The van der Waals surface area contributed by atoms with Gasteiger partial charge in [0, 0.05) is 32.1 Å². The molecule has 36 heavy (non-hydrogen) atoms. The quantitative estimate of drug-likeness (QED) is 0.417. The molecule has 2 amide bonds. The second-order valence-corrected chi connectivity index (χ2v) is 12.5. The minimum atomic E-state index is -3.65. The van der Waals surface area contributed by atoms with Crippen molar-refractivity contribution in [3.8, 4) is 0 Å². The number of rotatable bonds is 11. The molecule has 0 aliphatic rings. The minimum absolute atomic E-state index is 0.0786. The lowest BCUT2D eigenvalue weighted by atomic mass is 10.0. The molecule has 10 heteroatoms. The maximum atomic E-state index is 13.4. The van der Waals surface area contributed by atoms with Crippen molar-refractivity contribution < 1.29 is 18.0 Å². The highest BCUT2D eigenvalue weighted by Crippen LogP contribution is 2.24. The summed E-state index contributed by atoms with van der Waals surface area (Å²) in [5.41, 5.74) is 0.278. The summed E-state index contributed by atoms with van der Waals surface area (Å²) in [6.45, 7) is 7.82. The van der Waals surface area contributed by atoms with Gasteiger partial charge in [-0.2, -0.15) is 0 Å². The fraction of sp³-hybridized carbons (Fsp3) is 0.462. The van der Waals surface area contributed by atoms with Gasteiger partial charge >= 0.3 is 0 Å². The van der Waals surface area contributed by atoms with Gasteiger partial charge < -0.3 is 10.2 Å². The Balaban J connectivity index is 2.18. The zero-order valence-electron chi connectivity index (χ0n) is 21.4. The van der Waals surface area contributed by atoms with E-state index in [-0.39, 0.29) is 36.2 Å². The fourth-order valence-electron chi connectivity index (χ4n) is 3.70. The highest BCUT2D eigenvalue weighted by Gasteiger charge is 2.31. The molecule has 0 saturated heterocycles. The Morgan fingerprint density at radius 3 is 2.22 bits per heavy atom. The molecule has 2 aromatic carbocycles. The van der Waals surface area contributed by atoms with Gasteiger partial charge in [0.2, 0.25) is 21.8 Å². The van der Waals surface area contributed by atoms with Crippen molar-refractivity contribution in [1.82, 2.24) is 14.5 Å². The molecule has 0 fully saturated rings. The Hall–Kier alpha value is -2.13. The molecule has 0 spiro atoms. The van der Waals surface area contributed by atoms with Crippen LogP contribution in [0, 0.1) is 0 Å². The van der Waals surface area contributed by atoms with E-state index in [1.165, 1.54) is 28.4 Å². The molecule has 7 nitrogen and oxygen atoms in total. The number of hydrogen-bond donors (Lipinski definition) is 1. The van der Waals surface area contributed by atoms with Crippen LogP contribution in [0.25, 0.3) is 0 Å². The number of halogens is 2. The first-order valence-corrected chi connectivity index (χ1v) is 14.0. The maximum Gasteiger partial charge on any atom is 0.243 e. The number of hydrogen-bond acceptors (Lipinski definition) is 4. The van der Waals surface area contributed by atoms with Crippen molar-refractivity contribution in [3.63, 3.8) is 0 Å². The smallest absolute Gasteiger partial charge is 0.243 e. The number of carbonyl (C=O) groups excluding carboxylic acids is 2. The highest BCUT2D eigenvalue weighted by molar-refractivity contribution is 7.89. The third-order valence-electron chi connectivity index (χ3n) is 5.54. The van der Waals surface area contributed by atoms with E-state index < -0.39 is 21.6 Å². The molecule has 0 bridgehead atoms. The van der Waals surface area contributed by atoms with Gasteiger partial charge in [-0.15, -0.1) is 0 Å². The highest BCUT2D eigenvalue weighted by atomic mass is 35.5. The van der Waals surface area contributed by atoms with Crippen molar-refractivity contribution in [2.45, 2.75) is 70.0 Å². The normalized spacial score (nSPS) is 12.9. The second-order valence-electron chi connectivity index (χ2n) is 9.68. The van der Waals surface area contributed by atoms with E-state index in [1.807, 2.05) is 27.7 Å². The lowest BCUT2D eigenvalue weighted by Gasteiger charge is -2.33. The summed E-state index contributed by atoms with van der Waals surface area (Å²) in [6.07, 6.45) is 0.795. The van der Waals surface area contributed by atoms with Gasteiger partial charge in [-0.05, 0) is 63.4 Å². The molecule has 0 unspecified atom stereocenters. The number of nitrogens with zero attached hydrogens (tertiary/aromatic N) is 2. The molecule has 1 N–H and O–H groups in total. The van der Waals surface area contributed by atoms with E-state index in [0.717, 1.165) is 5.56 Å². The molecule has 2 aromatic rings. The monoisotopic (exact) mass is 555 g/mol. The maximum absolute atomic E-state index is 13.4. The molecular weight excluding hydrogens is 521 g/mol. The average Bonchev–Trinajstić information content (AvgIpc) is 2.80. The predicted octanol–water partition coefficient (Wildman–Crippen LogP) is 5.12. The van der Waals surface area contributed by atoms with Crippen LogP contribution in [0.1, 0.15) is 52.5 Å². The van der Waals surface area contributed by atoms with Crippen LogP contribution in [0.3, 0.4) is 0 Å². The summed E-state index contributed by atoms with van der Waals surface area (Å²) in [6, 6.07) is 12.6. The van der Waals surface area contributed by atoms with Gasteiger partial charge in [-0.1, -0.05) is 54.4 Å². The van der Waals surface area contributed by atoms with E-state index in [4.69, 9.17) is 23.2 Å². The molecule has 0 aromatic heterocycles. The molecule has 0 aliphatic heterocycles. The van der Waals surface area contributed by atoms with Gasteiger partial charge in [0.15, 0.2) is 0 Å². The molecule has 0 heterocycles. The topological polar surface area (TPSA) is 86.8 Å². The van der Waals surface area contributed by atoms with E-state index in [0.29, 0.717) is 22.9 Å². The zero-order valence-corrected chi connectivity index (χ0v) is 23.8. The van der Waals surface area contributed by atoms with Crippen molar-refractivity contribution in [2.75, 3.05) is 13.6 Å². The molecule has 0 saturated carbocycles. The number of sulfonamides is 1. The first-order chi connectivity index (χ1) is 16.8. The van der Waals surface area contributed by atoms with Crippen LogP contribution in [0.2, 0.25) is 10.0 Å². The van der Waals surface area contributed by atoms with Crippen molar-refractivity contribution in [1.29, 1.82) is 0 Å². The largest absolute Gasteiger partial charge is 0.350 e. The fourth-order valence-corrected chi connectivity index (χ4v) is 5.25. The standard InChI is InChI=1S/C26H35Cl2N3O4S/c1-6-23(25(33)29-26(2,3)4)31(18-19-14-15-21(27)22(28)17-19)24(32)13-10-16-30(5)36(34,35)20-11-8-7-9-12-20/h7-9,11-12,14-15,17,23H,6,10,13,16,18H2,1-5H3,(H,29,33)/t23-/m0/s1. The molecule has 198 valence electrons. The van der Waals surface area contributed by atoms with Crippen molar-refractivity contribution >= 4 is 45.0 Å². The van der Waals surface area contributed by atoms with Gasteiger partial charge in [-0.3, -0.25) is 9.59 Å². The number of benzene rings is 2. The van der Waals surface area contributed by atoms with Crippen molar-refractivity contribution in [2.24, 2.45) is 0 Å². The van der Waals surface area contributed by atoms with E-state index in [2.05, 4.69) is 5.32 Å². The SMILES string of the molecule is CC[C@@H](C(=O)NC(C)(C)C)N(Cc1ccc(Cl)c(Cl)c1)C(=O)CCCN(C)S(=O)(=O)c1ccccc1. The Bertz CT molecular complexity index is 1150. The Kier molecular flexibility index (Phi) is 10.8. The van der Waals surface area contributed by atoms with Gasteiger partial charge in [-0.25, -0.2) is 12.7 Å². The number of nitrogens with one attached hydrogen (secondary N) is 1. The number of carbonyl (C=O) groups is 2. The predicted molar refractivity (Wildman–Crippen MR) is 144 cm³/mol. The average molecular weight is 557 g/mol. The van der Waals surface area contributed by atoms with Crippen LogP contribution < -0.4 is 5.32 Å². The summed E-state index contributed by atoms with van der Waals surface area (Å²) in [7, 11) is -2.16. The Morgan fingerprint density at radius 2 is 1.67 bits per heavy atom. The van der Waals surface area contributed by atoms with Crippen LogP contribution in [0.5, 0.6) is 0 Å². The van der Waals surface area contributed by atoms with Gasteiger partial charge in [0.1, 0.15) is 6.04 Å². The second kappa shape index (κ2) is 12.9. The number of amides is 2. The van der Waals surface area contributed by atoms with Gasteiger partial charge in [0.25, 0.3) is 0 Å². The summed E-state index contributed by atoms with van der Waals surface area (Å²) in [5.74, 6) is -0.496. The zero-order chi connectivity index (χ0) is 27.1. The summed E-state index contributed by atoms with van der Waals surface area (Å²) >= 11 is 12.2. The third kappa shape index (κ3) is 8.47. The van der Waals surface area contributed by atoms with E-state index >= 15 is 0 Å². The van der Waals surface area contributed by atoms with Crippen LogP contribution in [-0.4, -0.2) is 54.6 Å². The lowest BCUT2D eigenvalue weighted by Crippen LogP contribution is -2.53. The Labute approximate surface area is 224 Å².